The smallest absolute Gasteiger partial charge is 0.287 e. The van der Waals surface area contributed by atoms with Gasteiger partial charge >= 0.3 is 0 Å². The van der Waals surface area contributed by atoms with Gasteiger partial charge in [0.2, 0.25) is 0 Å². The lowest BCUT2D eigenvalue weighted by Crippen LogP contribution is -2.19. The fourth-order valence-electron chi connectivity index (χ4n) is 2.48. The van der Waals surface area contributed by atoms with E-state index in [0.717, 1.165) is 0 Å². The molecular weight excluding hydrogens is 392 g/mol. The van der Waals surface area contributed by atoms with E-state index in [-0.39, 0.29) is 10.8 Å². The van der Waals surface area contributed by atoms with Crippen LogP contribution in [-0.4, -0.2) is 32.1 Å². The molecule has 0 atom stereocenters. The molecule has 1 aromatic heterocycles. The molecule has 3 N–H and O–H groups in total. The number of aromatic amines is 1. The maximum atomic E-state index is 12.6. The van der Waals surface area contributed by atoms with Crippen LogP contribution in [0.3, 0.4) is 0 Å². The first-order chi connectivity index (χ1) is 13.9. The second-order valence-electron chi connectivity index (χ2n) is 6.08. The van der Waals surface area contributed by atoms with E-state index in [9.17, 15) is 13.2 Å². The van der Waals surface area contributed by atoms with Crippen LogP contribution in [0, 0.1) is 0 Å². The number of sulfonamides is 1. The van der Waals surface area contributed by atoms with Crippen molar-refractivity contribution in [3.8, 4) is 5.75 Å². The van der Waals surface area contributed by atoms with Gasteiger partial charge in [0.25, 0.3) is 15.9 Å². The van der Waals surface area contributed by atoms with E-state index >= 15 is 0 Å². The van der Waals surface area contributed by atoms with Gasteiger partial charge in [-0.15, -0.1) is 0 Å². The lowest BCUT2D eigenvalue weighted by atomic mass is 10.1. The molecule has 3 rings (SSSR count). The van der Waals surface area contributed by atoms with Crippen LogP contribution in [0.1, 0.15) is 23.0 Å². The lowest BCUT2D eigenvalue weighted by Gasteiger charge is -2.09. The molecule has 0 radical (unpaired) electrons. The van der Waals surface area contributed by atoms with Gasteiger partial charge < -0.3 is 9.72 Å². The van der Waals surface area contributed by atoms with Crippen molar-refractivity contribution in [2.75, 3.05) is 11.8 Å². The van der Waals surface area contributed by atoms with E-state index in [1.807, 2.05) is 0 Å². The van der Waals surface area contributed by atoms with Gasteiger partial charge in [-0.1, -0.05) is 12.1 Å². The van der Waals surface area contributed by atoms with Crippen LogP contribution in [-0.2, 0) is 10.0 Å². The van der Waals surface area contributed by atoms with E-state index in [0.29, 0.717) is 28.4 Å². The highest BCUT2D eigenvalue weighted by Crippen LogP contribution is 2.19. The molecule has 8 nitrogen and oxygen atoms in total. The van der Waals surface area contributed by atoms with Gasteiger partial charge in [0.1, 0.15) is 11.4 Å². The number of carbonyl (C=O) groups excluding carboxylic acids is 1. The summed E-state index contributed by atoms with van der Waals surface area (Å²) in [5.41, 5.74) is 4.49. The number of nitrogens with zero attached hydrogens (tertiary/aromatic N) is 1. The van der Waals surface area contributed by atoms with Crippen LogP contribution in [0.15, 0.2) is 76.9 Å². The summed E-state index contributed by atoms with van der Waals surface area (Å²) < 4.78 is 32.7. The van der Waals surface area contributed by atoms with Crippen molar-refractivity contribution in [2.24, 2.45) is 5.10 Å². The number of amides is 1. The number of anilines is 1. The van der Waals surface area contributed by atoms with Gasteiger partial charge in [-0.3, -0.25) is 9.52 Å². The molecule has 0 spiro atoms. The molecule has 0 fully saturated rings. The van der Waals surface area contributed by atoms with Crippen LogP contribution in [0.2, 0.25) is 0 Å². The second-order valence-corrected chi connectivity index (χ2v) is 7.76. The summed E-state index contributed by atoms with van der Waals surface area (Å²) in [6.45, 7) is 1.72. The predicted molar refractivity (Wildman–Crippen MR) is 111 cm³/mol. The first-order valence-corrected chi connectivity index (χ1v) is 10.1. The summed E-state index contributed by atoms with van der Waals surface area (Å²) in [5.74, 6) is 0.271. The minimum Gasteiger partial charge on any atom is -0.497 e. The maximum Gasteiger partial charge on any atom is 0.287 e. The van der Waals surface area contributed by atoms with E-state index in [4.69, 9.17) is 4.74 Å². The van der Waals surface area contributed by atoms with Gasteiger partial charge in [-0.25, -0.2) is 13.8 Å². The Bertz CT molecular complexity index is 1100. The monoisotopic (exact) mass is 412 g/mol. The van der Waals surface area contributed by atoms with Gasteiger partial charge in [0, 0.05) is 11.9 Å². The van der Waals surface area contributed by atoms with Crippen LogP contribution in [0.4, 0.5) is 5.69 Å². The quantitative estimate of drug-likeness (QED) is 0.409. The number of nitrogens with one attached hydrogen (secondary N) is 3. The minimum absolute atomic E-state index is 0.111. The molecule has 0 saturated carbocycles. The Labute approximate surface area is 168 Å². The third kappa shape index (κ3) is 5.02. The summed E-state index contributed by atoms with van der Waals surface area (Å²) in [4.78, 5) is 14.8. The van der Waals surface area contributed by atoms with Crippen molar-refractivity contribution in [1.82, 2.24) is 10.4 Å². The number of hydrogen-bond donors (Lipinski definition) is 3. The number of ether oxygens (including phenoxy) is 1. The average molecular weight is 412 g/mol. The molecule has 29 heavy (non-hydrogen) atoms. The third-order valence-electron chi connectivity index (χ3n) is 4.09. The predicted octanol–water partition coefficient (Wildman–Crippen LogP) is 2.98. The van der Waals surface area contributed by atoms with Crippen LogP contribution < -0.4 is 14.9 Å². The summed E-state index contributed by atoms with van der Waals surface area (Å²) >= 11 is 0. The number of carbonyl (C=O) groups is 1. The zero-order valence-corrected chi connectivity index (χ0v) is 16.7. The SMILES string of the molecule is COc1ccc(NS(=O)(=O)c2ccc(/C(C)=N\NC(=O)c3ccc[nH]3)cc2)cc1. The molecule has 0 saturated heterocycles. The van der Waals surface area contributed by atoms with E-state index in [2.05, 4.69) is 20.2 Å². The second kappa shape index (κ2) is 8.61. The Balaban J connectivity index is 1.69. The molecule has 150 valence electrons. The van der Waals surface area contributed by atoms with Crippen LogP contribution in [0.5, 0.6) is 5.75 Å². The van der Waals surface area contributed by atoms with Crippen molar-refractivity contribution in [3.05, 3.63) is 78.1 Å². The summed E-state index contributed by atoms with van der Waals surface area (Å²) in [6.07, 6.45) is 1.64. The highest BCUT2D eigenvalue weighted by atomic mass is 32.2. The highest BCUT2D eigenvalue weighted by Gasteiger charge is 2.14. The average Bonchev–Trinajstić information content (AvgIpc) is 3.27. The molecule has 9 heteroatoms. The molecule has 0 unspecified atom stereocenters. The van der Waals surface area contributed by atoms with Gasteiger partial charge in [-0.2, -0.15) is 5.10 Å². The Kier molecular flexibility index (Phi) is 5.99. The summed E-state index contributed by atoms with van der Waals surface area (Å²) in [7, 11) is -2.20. The van der Waals surface area contributed by atoms with E-state index in [1.54, 1.807) is 61.7 Å². The van der Waals surface area contributed by atoms with E-state index in [1.165, 1.54) is 19.2 Å². The Morgan fingerprint density at radius 2 is 1.72 bits per heavy atom. The summed E-state index contributed by atoms with van der Waals surface area (Å²) in [5, 5.41) is 4.05. The van der Waals surface area contributed by atoms with Crippen LogP contribution >= 0.6 is 0 Å². The first-order valence-electron chi connectivity index (χ1n) is 8.64. The maximum absolute atomic E-state index is 12.6. The fraction of sp³-hybridized carbons (Fsp3) is 0.100. The standard InChI is InChI=1S/C20H20N4O4S/c1-14(22-23-20(25)19-4-3-13-21-19)15-5-11-18(12-6-15)29(26,27)24-16-7-9-17(28-2)10-8-16/h3-13,21,24H,1-2H3,(H,23,25)/b22-14-. The number of hydrazone groups is 1. The van der Waals surface area contributed by atoms with Crippen molar-refractivity contribution in [2.45, 2.75) is 11.8 Å². The van der Waals surface area contributed by atoms with Crippen molar-refractivity contribution < 1.29 is 17.9 Å². The van der Waals surface area contributed by atoms with E-state index < -0.39 is 10.0 Å². The highest BCUT2D eigenvalue weighted by molar-refractivity contribution is 7.92. The van der Waals surface area contributed by atoms with Gasteiger partial charge in [0.15, 0.2) is 0 Å². The molecule has 0 aliphatic heterocycles. The lowest BCUT2D eigenvalue weighted by molar-refractivity contribution is 0.0950. The Morgan fingerprint density at radius 3 is 2.31 bits per heavy atom. The third-order valence-corrected chi connectivity index (χ3v) is 5.49. The van der Waals surface area contributed by atoms with Gasteiger partial charge in [0.05, 0.1) is 17.7 Å². The molecule has 0 aliphatic carbocycles. The van der Waals surface area contributed by atoms with Gasteiger partial charge in [-0.05, 0) is 61.0 Å². The molecular formula is C20H20N4O4S. The number of benzene rings is 2. The largest absolute Gasteiger partial charge is 0.497 e. The van der Waals surface area contributed by atoms with Crippen molar-refractivity contribution in [3.63, 3.8) is 0 Å². The number of rotatable bonds is 7. The molecule has 1 heterocycles. The number of H-pyrrole nitrogens is 1. The molecule has 0 aliphatic rings. The zero-order valence-electron chi connectivity index (χ0n) is 15.8. The Hall–Kier alpha value is -3.59. The fourth-order valence-corrected chi connectivity index (χ4v) is 3.54. The molecule has 2 aromatic carbocycles. The van der Waals surface area contributed by atoms with Crippen molar-refractivity contribution >= 4 is 27.3 Å². The normalized spacial score (nSPS) is 11.7. The molecule has 0 bridgehead atoms. The first kappa shape index (κ1) is 20.2. The topological polar surface area (TPSA) is 113 Å². The molecule has 1 amide bonds. The number of aromatic nitrogens is 1. The number of methoxy groups -OCH3 is 1. The zero-order chi connectivity index (χ0) is 20.9. The minimum atomic E-state index is -3.74. The van der Waals surface area contributed by atoms with Crippen LogP contribution in [0.25, 0.3) is 0 Å². The summed E-state index contributed by atoms with van der Waals surface area (Å²) in [6, 6.07) is 16.1. The Morgan fingerprint density at radius 1 is 1.03 bits per heavy atom. The number of hydrogen-bond acceptors (Lipinski definition) is 5. The van der Waals surface area contributed by atoms with Crippen molar-refractivity contribution in [1.29, 1.82) is 0 Å². The molecule has 3 aromatic rings.